The van der Waals surface area contributed by atoms with E-state index >= 15 is 0 Å². The minimum Gasteiger partial charge on any atom is -0.878 e. The van der Waals surface area contributed by atoms with Gasteiger partial charge in [0, 0.05) is 18.8 Å². The topological polar surface area (TPSA) is 35.4 Å². The number of hydrogen-bond acceptors (Lipinski definition) is 2. The highest BCUT2D eigenvalue weighted by Crippen LogP contribution is 2.61. The van der Waals surface area contributed by atoms with Gasteiger partial charge in [0.05, 0.1) is 29.9 Å². The number of unbranched alkanes of at least 4 members (excludes halogenated alkanes) is 2. The molecule has 4 atom stereocenters. The number of piperidine rings is 1. The molecule has 3 nitrogen and oxygen atoms in total. The van der Waals surface area contributed by atoms with E-state index in [1.807, 2.05) is 0 Å². The molecule has 0 N–H and O–H groups in total. The number of allylic oxidation sites excluding steroid dienone is 2. The van der Waals surface area contributed by atoms with Crippen molar-refractivity contribution in [3.05, 3.63) is 53.3 Å². The fraction of sp³-hybridized carbons (Fsp3) is 0.542. The lowest BCUT2D eigenvalue weighted by atomic mass is 9.58. The van der Waals surface area contributed by atoms with Crippen LogP contribution in [0.4, 0.5) is 5.69 Å². The minimum atomic E-state index is -0.0190. The molecule has 3 fully saturated rings. The molecule has 5 rings (SSSR count). The normalized spacial score (nSPS) is 37.4. The van der Waals surface area contributed by atoms with Gasteiger partial charge in [-0.15, -0.1) is 30.2 Å². The summed E-state index contributed by atoms with van der Waals surface area (Å²) < 4.78 is 1.22. The van der Waals surface area contributed by atoms with Crippen molar-refractivity contribution in [1.82, 2.24) is 0 Å². The zero-order valence-corrected chi connectivity index (χ0v) is 19.3. The Bertz CT molecular complexity index is 873. The first-order chi connectivity index (χ1) is 13.2. The summed E-state index contributed by atoms with van der Waals surface area (Å²) in [5.41, 5.74) is 6.05. The molecule has 3 heterocycles. The SMILES string of the molecule is C/C=C1/C[N+]2(CCCCC)CC[C@@]34C(=Nc5ccccc53)C(=C[O-])[C@H]1C[C@@H]42.I. The van der Waals surface area contributed by atoms with Gasteiger partial charge in [-0.25, -0.2) is 0 Å². The molecule has 1 saturated carbocycles. The van der Waals surface area contributed by atoms with Gasteiger partial charge in [-0.2, -0.15) is 0 Å². The highest BCUT2D eigenvalue weighted by Gasteiger charge is 2.68. The predicted octanol–water partition coefficient (Wildman–Crippen LogP) is 4.63. The van der Waals surface area contributed by atoms with E-state index in [2.05, 4.69) is 44.2 Å². The van der Waals surface area contributed by atoms with E-state index in [0.717, 1.165) is 42.6 Å². The Kier molecular flexibility index (Phi) is 5.24. The lowest BCUT2D eigenvalue weighted by molar-refractivity contribution is -0.941. The van der Waals surface area contributed by atoms with E-state index in [1.165, 1.54) is 48.0 Å². The van der Waals surface area contributed by atoms with Crippen molar-refractivity contribution in [3.8, 4) is 0 Å². The first kappa shape index (κ1) is 20.1. The fourth-order valence-electron chi connectivity index (χ4n) is 6.81. The Labute approximate surface area is 185 Å². The van der Waals surface area contributed by atoms with Crippen molar-refractivity contribution in [2.75, 3.05) is 19.6 Å². The Morgan fingerprint density at radius 2 is 2.11 bits per heavy atom. The van der Waals surface area contributed by atoms with Crippen LogP contribution in [0.1, 0.15) is 51.5 Å². The summed E-state index contributed by atoms with van der Waals surface area (Å²) in [5, 5.41) is 12.2. The van der Waals surface area contributed by atoms with Crippen LogP contribution in [-0.2, 0) is 5.41 Å². The molecule has 0 amide bonds. The third kappa shape index (κ3) is 2.46. The van der Waals surface area contributed by atoms with E-state index in [-0.39, 0.29) is 35.3 Å². The number of benzene rings is 1. The summed E-state index contributed by atoms with van der Waals surface area (Å²) in [4.78, 5) is 5.09. The van der Waals surface area contributed by atoms with E-state index in [1.54, 1.807) is 0 Å². The monoisotopic (exact) mass is 490 g/mol. The van der Waals surface area contributed by atoms with Crippen LogP contribution >= 0.6 is 24.0 Å². The van der Waals surface area contributed by atoms with Crippen molar-refractivity contribution in [2.45, 2.75) is 57.4 Å². The third-order valence-corrected chi connectivity index (χ3v) is 7.98. The van der Waals surface area contributed by atoms with Crippen LogP contribution in [0, 0.1) is 5.92 Å². The van der Waals surface area contributed by atoms with Gasteiger partial charge >= 0.3 is 0 Å². The maximum Gasteiger partial charge on any atom is 0.106 e. The smallest absolute Gasteiger partial charge is 0.106 e. The van der Waals surface area contributed by atoms with Gasteiger partial charge in [0.2, 0.25) is 0 Å². The average Bonchev–Trinajstić information content (AvgIpc) is 3.22. The fourth-order valence-corrected chi connectivity index (χ4v) is 6.81. The number of nitrogens with zero attached hydrogens (tertiary/aromatic N) is 2. The van der Waals surface area contributed by atoms with Crippen LogP contribution in [0.5, 0.6) is 0 Å². The maximum absolute atomic E-state index is 12.2. The van der Waals surface area contributed by atoms with Gasteiger partial charge in [-0.05, 0) is 42.5 Å². The molecule has 4 aliphatic rings. The molecule has 1 aromatic rings. The number of aliphatic imine (C=N–C) groups is 1. The third-order valence-electron chi connectivity index (χ3n) is 7.98. The van der Waals surface area contributed by atoms with Gasteiger partial charge in [0.1, 0.15) is 12.6 Å². The Balaban J connectivity index is 0.00000192. The molecular weight excluding hydrogens is 459 g/mol. The first-order valence-corrected chi connectivity index (χ1v) is 10.7. The van der Waals surface area contributed by atoms with Gasteiger partial charge in [0.15, 0.2) is 0 Å². The van der Waals surface area contributed by atoms with Gasteiger partial charge in [-0.1, -0.05) is 37.6 Å². The number of para-hydroxylation sites is 1. The van der Waals surface area contributed by atoms with Crippen LogP contribution in [0.2, 0.25) is 0 Å². The van der Waals surface area contributed by atoms with Crippen LogP contribution < -0.4 is 5.11 Å². The quantitative estimate of drug-likeness (QED) is 0.199. The summed E-state index contributed by atoms with van der Waals surface area (Å²) in [6, 6.07) is 9.24. The molecule has 2 saturated heterocycles. The van der Waals surface area contributed by atoms with E-state index in [0.29, 0.717) is 6.04 Å². The highest BCUT2D eigenvalue weighted by molar-refractivity contribution is 14.0. The molecule has 1 spiro atoms. The van der Waals surface area contributed by atoms with Crippen molar-refractivity contribution in [1.29, 1.82) is 0 Å². The van der Waals surface area contributed by atoms with Crippen molar-refractivity contribution in [3.63, 3.8) is 0 Å². The molecule has 4 heteroatoms. The van der Waals surface area contributed by atoms with Crippen LogP contribution in [0.25, 0.3) is 0 Å². The zero-order chi connectivity index (χ0) is 18.6. The maximum atomic E-state index is 12.2. The highest BCUT2D eigenvalue weighted by atomic mass is 127. The molecule has 2 bridgehead atoms. The lowest BCUT2D eigenvalue weighted by Gasteiger charge is -2.54. The van der Waals surface area contributed by atoms with Crippen LogP contribution in [-0.4, -0.2) is 35.9 Å². The second kappa shape index (κ2) is 7.28. The van der Waals surface area contributed by atoms with E-state index in [4.69, 9.17) is 4.99 Å². The average molecular weight is 490 g/mol. The molecule has 0 aromatic heterocycles. The lowest BCUT2D eigenvalue weighted by Crippen LogP contribution is -2.65. The van der Waals surface area contributed by atoms with E-state index in [9.17, 15) is 5.11 Å². The first-order valence-electron chi connectivity index (χ1n) is 10.7. The molecule has 1 aromatic carbocycles. The molecule has 28 heavy (non-hydrogen) atoms. The summed E-state index contributed by atoms with van der Waals surface area (Å²) in [6.45, 7) is 8.07. The zero-order valence-electron chi connectivity index (χ0n) is 17.0. The molecule has 3 aliphatic heterocycles. The molecule has 0 radical (unpaired) electrons. The van der Waals surface area contributed by atoms with Crippen LogP contribution in [0.15, 0.2) is 52.7 Å². The van der Waals surface area contributed by atoms with Gasteiger partial charge in [0.25, 0.3) is 0 Å². The Morgan fingerprint density at radius 1 is 1.29 bits per heavy atom. The molecular formula is C24H31IN2O. The second-order valence-electron chi connectivity index (χ2n) is 8.97. The Hall–Kier alpha value is -1.14. The summed E-state index contributed by atoms with van der Waals surface area (Å²) >= 11 is 0. The number of hydrogen-bond donors (Lipinski definition) is 0. The van der Waals surface area contributed by atoms with Crippen molar-refractivity contribution >= 4 is 35.4 Å². The van der Waals surface area contributed by atoms with Crippen molar-refractivity contribution < 1.29 is 9.59 Å². The van der Waals surface area contributed by atoms with Crippen molar-refractivity contribution in [2.24, 2.45) is 10.9 Å². The summed E-state index contributed by atoms with van der Waals surface area (Å²) in [5.74, 6) is 0.286. The molecule has 1 unspecified atom stereocenters. The summed E-state index contributed by atoms with van der Waals surface area (Å²) in [6.07, 6.45) is 9.58. The number of halogens is 1. The van der Waals surface area contributed by atoms with Crippen LogP contribution in [0.3, 0.4) is 0 Å². The predicted molar refractivity (Wildman–Crippen MR) is 123 cm³/mol. The number of fused-ring (bicyclic) bond motifs is 2. The molecule has 1 aliphatic carbocycles. The van der Waals surface area contributed by atoms with Gasteiger partial charge in [-0.3, -0.25) is 4.99 Å². The standard InChI is InChI=1S/C24H30N2O.HI/c1-3-5-8-12-26-13-11-24-20-9-6-7-10-21(20)25-23(24)19(16-27)18(14-22(24)26)17(4-2)15-26;/h4,6-7,9-10,16,18,22H,3,5,8,11-15H2,1-2H3;1H/b17-4-;/t18-,22-,24+,26?;/m0./s1. The summed E-state index contributed by atoms with van der Waals surface area (Å²) in [7, 11) is 0. The van der Waals surface area contributed by atoms with Gasteiger partial charge < -0.3 is 9.59 Å². The molecule has 150 valence electrons. The van der Waals surface area contributed by atoms with E-state index < -0.39 is 0 Å². The number of rotatable bonds is 4. The Morgan fingerprint density at radius 3 is 2.86 bits per heavy atom. The second-order valence-corrected chi connectivity index (χ2v) is 8.97. The number of quaternary nitrogens is 1. The minimum absolute atomic E-state index is 0. The largest absolute Gasteiger partial charge is 0.878 e.